The van der Waals surface area contributed by atoms with E-state index >= 15 is 0 Å². The molecule has 0 amide bonds. The SMILES string of the molecule is CC1(C(Cl)c2ccc3[nH]c(=O)oc3c2)CCCO1. The van der Waals surface area contributed by atoms with Gasteiger partial charge < -0.3 is 9.15 Å². The minimum atomic E-state index is -0.448. The molecule has 1 aromatic heterocycles. The zero-order valence-electron chi connectivity index (χ0n) is 10.0. The molecule has 18 heavy (non-hydrogen) atoms. The lowest BCUT2D eigenvalue weighted by Crippen LogP contribution is -2.28. The molecule has 2 atom stereocenters. The van der Waals surface area contributed by atoms with Gasteiger partial charge in [0.2, 0.25) is 0 Å². The highest BCUT2D eigenvalue weighted by molar-refractivity contribution is 6.21. The molecule has 1 aliphatic rings. The number of hydrogen-bond donors (Lipinski definition) is 1. The third-order valence-electron chi connectivity index (χ3n) is 3.52. The molecule has 1 N–H and O–H groups in total. The number of halogens is 1. The summed E-state index contributed by atoms with van der Waals surface area (Å²) in [6.07, 6.45) is 1.97. The van der Waals surface area contributed by atoms with Crippen LogP contribution >= 0.6 is 11.6 Å². The molecule has 0 spiro atoms. The van der Waals surface area contributed by atoms with Crippen molar-refractivity contribution < 1.29 is 9.15 Å². The van der Waals surface area contributed by atoms with Crippen LogP contribution in [-0.2, 0) is 4.74 Å². The second kappa shape index (κ2) is 4.14. The predicted molar refractivity (Wildman–Crippen MR) is 69.0 cm³/mol. The van der Waals surface area contributed by atoms with E-state index in [0.29, 0.717) is 11.1 Å². The van der Waals surface area contributed by atoms with Gasteiger partial charge in [-0.25, -0.2) is 4.79 Å². The first kappa shape index (κ1) is 11.8. The van der Waals surface area contributed by atoms with E-state index in [0.717, 1.165) is 25.0 Å². The predicted octanol–water partition coefficient (Wildman–Crippen LogP) is 2.97. The summed E-state index contributed by atoms with van der Waals surface area (Å²) in [6.45, 7) is 2.77. The monoisotopic (exact) mass is 267 g/mol. The van der Waals surface area contributed by atoms with Crippen LogP contribution in [0.5, 0.6) is 0 Å². The standard InChI is InChI=1S/C13H14ClNO3/c1-13(5-2-6-17-13)11(14)8-3-4-9-10(7-8)18-12(16)15-9/h3-4,7,11H,2,5-6H2,1H3,(H,15,16). The van der Waals surface area contributed by atoms with Crippen LogP contribution < -0.4 is 5.76 Å². The molecule has 3 rings (SSSR count). The molecule has 0 saturated carbocycles. The Morgan fingerprint density at radius 2 is 2.33 bits per heavy atom. The number of hydrogen-bond acceptors (Lipinski definition) is 3. The normalized spacial score (nSPS) is 25.7. The van der Waals surface area contributed by atoms with Crippen molar-refractivity contribution in [2.24, 2.45) is 0 Å². The molecule has 5 heteroatoms. The number of aromatic amines is 1. The van der Waals surface area contributed by atoms with E-state index in [2.05, 4.69) is 4.98 Å². The van der Waals surface area contributed by atoms with Gasteiger partial charge in [0.15, 0.2) is 5.58 Å². The summed E-state index contributed by atoms with van der Waals surface area (Å²) in [5.74, 6) is -0.448. The lowest BCUT2D eigenvalue weighted by Gasteiger charge is -2.28. The van der Waals surface area contributed by atoms with Crippen molar-refractivity contribution in [3.8, 4) is 0 Å². The van der Waals surface area contributed by atoms with Gasteiger partial charge >= 0.3 is 5.76 Å². The molecule has 0 bridgehead atoms. The average molecular weight is 268 g/mol. The van der Waals surface area contributed by atoms with Crippen LogP contribution in [0.15, 0.2) is 27.4 Å². The quantitative estimate of drug-likeness (QED) is 0.851. The zero-order chi connectivity index (χ0) is 12.8. The molecule has 1 fully saturated rings. The molecule has 4 nitrogen and oxygen atoms in total. The van der Waals surface area contributed by atoms with E-state index in [9.17, 15) is 4.79 Å². The second-order valence-electron chi connectivity index (χ2n) is 4.90. The molecule has 2 heterocycles. The largest absolute Gasteiger partial charge is 0.417 e. The van der Waals surface area contributed by atoms with Crippen molar-refractivity contribution in [3.63, 3.8) is 0 Å². The maximum atomic E-state index is 11.1. The van der Waals surface area contributed by atoms with Crippen LogP contribution in [0.1, 0.15) is 30.7 Å². The summed E-state index contributed by atoms with van der Waals surface area (Å²) >= 11 is 6.51. The Labute approximate surface area is 109 Å². The number of oxazole rings is 1. The molecule has 0 aliphatic carbocycles. The zero-order valence-corrected chi connectivity index (χ0v) is 10.8. The first-order valence-electron chi connectivity index (χ1n) is 5.99. The van der Waals surface area contributed by atoms with E-state index < -0.39 is 5.76 Å². The van der Waals surface area contributed by atoms with E-state index in [1.807, 2.05) is 19.1 Å². The molecular weight excluding hydrogens is 254 g/mol. The van der Waals surface area contributed by atoms with Crippen LogP contribution in [0.2, 0.25) is 0 Å². The van der Waals surface area contributed by atoms with Crippen molar-refractivity contribution >= 4 is 22.7 Å². The lowest BCUT2D eigenvalue weighted by atomic mass is 9.93. The van der Waals surface area contributed by atoms with E-state index in [4.69, 9.17) is 20.8 Å². The fourth-order valence-corrected chi connectivity index (χ4v) is 2.78. The van der Waals surface area contributed by atoms with Crippen molar-refractivity contribution in [2.75, 3.05) is 6.61 Å². The van der Waals surface area contributed by atoms with Gasteiger partial charge in [0, 0.05) is 6.61 Å². The fraction of sp³-hybridized carbons (Fsp3) is 0.462. The number of rotatable bonds is 2. The van der Waals surface area contributed by atoms with Gasteiger partial charge in [-0.15, -0.1) is 11.6 Å². The molecule has 1 saturated heterocycles. The third kappa shape index (κ3) is 1.85. The number of nitrogens with one attached hydrogen (secondary N) is 1. The molecule has 1 aliphatic heterocycles. The Hall–Kier alpha value is -1.26. The van der Waals surface area contributed by atoms with Crippen LogP contribution in [0.25, 0.3) is 11.1 Å². The summed E-state index contributed by atoms with van der Waals surface area (Å²) in [6, 6.07) is 5.51. The van der Waals surface area contributed by atoms with Gasteiger partial charge in [-0.3, -0.25) is 4.98 Å². The Morgan fingerprint density at radius 1 is 1.50 bits per heavy atom. The first-order chi connectivity index (χ1) is 8.58. The third-order valence-corrected chi connectivity index (χ3v) is 4.24. The number of fused-ring (bicyclic) bond motifs is 1. The van der Waals surface area contributed by atoms with E-state index in [-0.39, 0.29) is 11.0 Å². The van der Waals surface area contributed by atoms with E-state index in [1.54, 1.807) is 6.07 Å². The van der Waals surface area contributed by atoms with Crippen molar-refractivity contribution in [3.05, 3.63) is 34.3 Å². The first-order valence-corrected chi connectivity index (χ1v) is 6.43. The topological polar surface area (TPSA) is 55.2 Å². The Morgan fingerprint density at radius 3 is 3.06 bits per heavy atom. The van der Waals surface area contributed by atoms with Crippen LogP contribution in [0, 0.1) is 0 Å². The molecule has 0 radical (unpaired) electrons. The molecular formula is C13H14ClNO3. The smallest absolute Gasteiger partial charge is 0.408 e. The maximum Gasteiger partial charge on any atom is 0.417 e. The Kier molecular flexibility index (Phi) is 2.72. The van der Waals surface area contributed by atoms with Crippen LogP contribution in [0.4, 0.5) is 0 Å². The average Bonchev–Trinajstić information content (AvgIpc) is 2.93. The summed E-state index contributed by atoms with van der Waals surface area (Å²) in [4.78, 5) is 13.7. The Bertz CT molecular complexity index is 624. The number of H-pyrrole nitrogens is 1. The molecule has 1 aromatic carbocycles. The van der Waals surface area contributed by atoms with Gasteiger partial charge in [-0.1, -0.05) is 6.07 Å². The van der Waals surface area contributed by atoms with Crippen molar-refractivity contribution in [1.29, 1.82) is 0 Å². The number of benzene rings is 1. The number of ether oxygens (including phenoxy) is 1. The summed E-state index contributed by atoms with van der Waals surface area (Å²) in [7, 11) is 0. The highest BCUT2D eigenvalue weighted by Crippen LogP contribution is 2.42. The second-order valence-corrected chi connectivity index (χ2v) is 5.33. The van der Waals surface area contributed by atoms with Crippen molar-refractivity contribution in [1.82, 2.24) is 4.98 Å². The minimum absolute atomic E-state index is 0.246. The summed E-state index contributed by atoms with van der Waals surface area (Å²) in [5, 5.41) is -0.246. The fourth-order valence-electron chi connectivity index (χ4n) is 2.47. The van der Waals surface area contributed by atoms with Crippen LogP contribution in [0.3, 0.4) is 0 Å². The number of aromatic nitrogens is 1. The van der Waals surface area contributed by atoms with Crippen molar-refractivity contribution in [2.45, 2.75) is 30.7 Å². The highest BCUT2D eigenvalue weighted by atomic mass is 35.5. The number of alkyl halides is 1. The van der Waals surface area contributed by atoms with Gasteiger partial charge in [-0.2, -0.15) is 0 Å². The lowest BCUT2D eigenvalue weighted by molar-refractivity contribution is 0.0164. The maximum absolute atomic E-state index is 11.1. The molecule has 2 unspecified atom stereocenters. The minimum Gasteiger partial charge on any atom is -0.408 e. The Balaban J connectivity index is 2.00. The molecule has 96 valence electrons. The van der Waals surface area contributed by atoms with Gasteiger partial charge in [0.25, 0.3) is 0 Å². The summed E-state index contributed by atoms with van der Waals surface area (Å²) in [5.41, 5.74) is 1.79. The van der Waals surface area contributed by atoms with Gasteiger partial charge in [-0.05, 0) is 37.5 Å². The van der Waals surface area contributed by atoms with Gasteiger partial charge in [0.05, 0.1) is 16.5 Å². The summed E-state index contributed by atoms with van der Waals surface area (Å²) < 4.78 is 10.8. The van der Waals surface area contributed by atoms with E-state index in [1.165, 1.54) is 0 Å². The molecule has 2 aromatic rings. The van der Waals surface area contributed by atoms with Gasteiger partial charge in [0.1, 0.15) is 0 Å². The van der Waals surface area contributed by atoms with Crippen LogP contribution in [-0.4, -0.2) is 17.2 Å². The highest BCUT2D eigenvalue weighted by Gasteiger charge is 2.38.